The Labute approximate surface area is 399 Å². The van der Waals surface area contributed by atoms with E-state index in [-0.39, 0.29) is 17.5 Å². The second-order valence-electron chi connectivity index (χ2n) is 20.3. The number of aromatic nitrogens is 1. The zero-order chi connectivity index (χ0) is 45.6. The summed E-state index contributed by atoms with van der Waals surface area (Å²) in [5.74, 6) is 1.21. The SMILES string of the molecule is CC(C)(C)c1ccc(N(c2cccc(-c3cccc4ccccc34)c2)c2ccc3c(c2)Sc2cc(C(C)(C)C)cc4c2B3c2cc3ccccn3c2N4c2ccccc2)c(-c2ccccc2)c1. The fraction of sp³-hybridized carbons (Fsp3) is 0.129. The zero-order valence-corrected chi connectivity index (χ0v) is 39.8. The number of nitrogens with zero attached hydrogens (tertiary/aromatic N) is 3. The van der Waals surface area contributed by atoms with Crippen molar-refractivity contribution < 1.29 is 0 Å². The van der Waals surface area contributed by atoms with Gasteiger partial charge in [-0.2, -0.15) is 0 Å². The van der Waals surface area contributed by atoms with Crippen LogP contribution in [0, 0.1) is 0 Å². The fourth-order valence-electron chi connectivity index (χ4n) is 10.5. The van der Waals surface area contributed by atoms with Gasteiger partial charge in [-0.05, 0) is 139 Å². The largest absolute Gasteiger partial charge is 0.310 e. The van der Waals surface area contributed by atoms with Crippen molar-refractivity contribution in [2.75, 3.05) is 9.80 Å². The van der Waals surface area contributed by atoms with E-state index in [2.05, 4.69) is 262 Å². The Morgan fingerprint density at radius 1 is 0.493 bits per heavy atom. The molecule has 67 heavy (non-hydrogen) atoms. The minimum Gasteiger partial charge on any atom is -0.310 e. The fourth-order valence-corrected chi connectivity index (χ4v) is 11.7. The lowest BCUT2D eigenvalue weighted by atomic mass is 9.35. The molecule has 2 aliphatic heterocycles. The van der Waals surface area contributed by atoms with Gasteiger partial charge in [-0.3, -0.25) is 4.90 Å². The average Bonchev–Trinajstić information content (AvgIpc) is 3.73. The molecule has 0 saturated heterocycles. The van der Waals surface area contributed by atoms with Crippen molar-refractivity contribution in [2.24, 2.45) is 0 Å². The molecule has 5 heteroatoms. The number of hydrogen-bond donors (Lipinski definition) is 0. The molecule has 4 heterocycles. The lowest BCUT2D eigenvalue weighted by Crippen LogP contribution is -2.59. The monoisotopic (exact) mass is 881 g/mol. The van der Waals surface area contributed by atoms with Gasteiger partial charge < -0.3 is 9.30 Å². The molecule has 324 valence electrons. The molecule has 0 spiro atoms. The van der Waals surface area contributed by atoms with Crippen molar-refractivity contribution in [3.8, 4) is 22.3 Å². The third-order valence-corrected chi connectivity index (χ3v) is 15.0. The Morgan fingerprint density at radius 2 is 1.19 bits per heavy atom. The normalized spacial score (nSPS) is 13.1. The molecule has 0 saturated carbocycles. The second kappa shape index (κ2) is 15.7. The van der Waals surface area contributed by atoms with Crippen molar-refractivity contribution in [3.63, 3.8) is 0 Å². The van der Waals surface area contributed by atoms with Crippen LogP contribution in [-0.2, 0) is 10.8 Å². The molecule has 2 aliphatic rings. The molecule has 0 atom stereocenters. The van der Waals surface area contributed by atoms with Crippen LogP contribution in [0.25, 0.3) is 38.5 Å². The van der Waals surface area contributed by atoms with Crippen LogP contribution in [0.5, 0.6) is 0 Å². The molecular weight excluding hydrogens is 830 g/mol. The van der Waals surface area contributed by atoms with Gasteiger partial charge in [0.25, 0.3) is 6.71 Å². The van der Waals surface area contributed by atoms with E-state index in [0.717, 1.165) is 17.1 Å². The Kier molecular flexibility index (Phi) is 9.67. The summed E-state index contributed by atoms with van der Waals surface area (Å²) in [6.45, 7) is 14.0. The number of anilines is 6. The van der Waals surface area contributed by atoms with Crippen molar-refractivity contribution >= 4 is 85.4 Å². The van der Waals surface area contributed by atoms with E-state index in [4.69, 9.17) is 0 Å². The van der Waals surface area contributed by atoms with Gasteiger partial charge in [0.1, 0.15) is 5.82 Å². The molecule has 10 aromatic rings. The lowest BCUT2D eigenvalue weighted by molar-refractivity contribution is 0.589. The molecule has 0 aliphatic carbocycles. The second-order valence-corrected chi connectivity index (χ2v) is 21.3. The summed E-state index contributed by atoms with van der Waals surface area (Å²) in [4.78, 5) is 7.63. The highest BCUT2D eigenvalue weighted by Gasteiger charge is 2.43. The molecule has 0 amide bonds. The predicted octanol–water partition coefficient (Wildman–Crippen LogP) is 15.3. The van der Waals surface area contributed by atoms with Gasteiger partial charge in [0.15, 0.2) is 0 Å². The summed E-state index contributed by atoms with van der Waals surface area (Å²) in [5, 5.41) is 2.49. The van der Waals surface area contributed by atoms with Gasteiger partial charge in [0, 0.05) is 49.8 Å². The molecule has 3 nitrogen and oxygen atoms in total. The molecular formula is C62H52BN3S. The van der Waals surface area contributed by atoms with Crippen molar-refractivity contribution in [1.29, 1.82) is 0 Å². The van der Waals surface area contributed by atoms with Gasteiger partial charge in [-0.25, -0.2) is 0 Å². The van der Waals surface area contributed by atoms with Crippen molar-refractivity contribution in [2.45, 2.75) is 62.2 Å². The topological polar surface area (TPSA) is 10.9 Å². The smallest absolute Gasteiger partial charge is 0.251 e. The first kappa shape index (κ1) is 41.2. The van der Waals surface area contributed by atoms with Crippen LogP contribution in [-0.4, -0.2) is 11.1 Å². The lowest BCUT2D eigenvalue weighted by Gasteiger charge is -2.40. The number of para-hydroxylation sites is 1. The van der Waals surface area contributed by atoms with Gasteiger partial charge in [-0.1, -0.05) is 180 Å². The molecule has 12 rings (SSSR count). The summed E-state index contributed by atoms with van der Waals surface area (Å²) >= 11 is 1.93. The van der Waals surface area contributed by atoms with Crippen molar-refractivity contribution in [3.05, 3.63) is 218 Å². The first-order valence-electron chi connectivity index (χ1n) is 23.5. The van der Waals surface area contributed by atoms with Crippen LogP contribution in [0.2, 0.25) is 0 Å². The minimum absolute atomic E-state index is 0.0272. The van der Waals surface area contributed by atoms with Gasteiger partial charge >= 0.3 is 0 Å². The maximum Gasteiger partial charge on any atom is 0.251 e. The van der Waals surface area contributed by atoms with E-state index in [0.29, 0.717) is 0 Å². The number of benzene rings is 8. The van der Waals surface area contributed by atoms with Crippen LogP contribution >= 0.6 is 11.8 Å². The Hall–Kier alpha value is -7.21. The average molecular weight is 882 g/mol. The Bertz CT molecular complexity index is 3540. The molecule has 8 aromatic carbocycles. The quantitative estimate of drug-likeness (QED) is 0.154. The van der Waals surface area contributed by atoms with Crippen LogP contribution < -0.4 is 26.2 Å². The highest BCUT2D eigenvalue weighted by molar-refractivity contribution is 8.00. The number of hydrogen-bond acceptors (Lipinski definition) is 3. The number of pyridine rings is 1. The Balaban J connectivity index is 1.10. The maximum atomic E-state index is 2.52. The van der Waals surface area contributed by atoms with E-state index in [9.17, 15) is 0 Å². The molecule has 0 N–H and O–H groups in total. The summed E-state index contributed by atoms with van der Waals surface area (Å²) in [6.07, 6.45) is 2.23. The third kappa shape index (κ3) is 6.98. The highest BCUT2D eigenvalue weighted by atomic mass is 32.2. The van der Waals surface area contributed by atoms with E-state index < -0.39 is 0 Å². The van der Waals surface area contributed by atoms with E-state index in [1.165, 1.54) is 93.0 Å². The standard InChI is InChI=1S/C62H52BN3S/c1-61(2,3)44-30-33-55(52(36-44)42-19-9-7-10-20-42)65(48-27-17-23-43(35-48)51-29-18-22-41-21-13-14-28-50(41)51)49-31-32-53-57(40-49)67-58-38-45(62(4,5)6)37-56-59(58)63(53)54-39-47-26-15-16-34-64(47)60(54)66(56)46-24-11-8-12-25-46/h7-40H,1-6H3. The van der Waals surface area contributed by atoms with Crippen LogP contribution in [0.1, 0.15) is 52.7 Å². The zero-order valence-electron chi connectivity index (χ0n) is 39.0. The maximum absolute atomic E-state index is 2.52. The van der Waals surface area contributed by atoms with E-state index in [1.54, 1.807) is 0 Å². The number of rotatable bonds is 6. The van der Waals surface area contributed by atoms with E-state index in [1.807, 2.05) is 11.8 Å². The van der Waals surface area contributed by atoms with Crippen LogP contribution in [0.15, 0.2) is 216 Å². The van der Waals surface area contributed by atoms with Crippen molar-refractivity contribution in [1.82, 2.24) is 4.40 Å². The number of fused-ring (bicyclic) bond motifs is 7. The summed E-state index contributed by atoms with van der Waals surface area (Å²) in [5.41, 5.74) is 18.4. The molecule has 2 aromatic heterocycles. The highest BCUT2D eigenvalue weighted by Crippen LogP contribution is 2.48. The molecule has 0 radical (unpaired) electrons. The van der Waals surface area contributed by atoms with E-state index >= 15 is 0 Å². The van der Waals surface area contributed by atoms with Gasteiger partial charge in [0.2, 0.25) is 0 Å². The molecule has 0 bridgehead atoms. The van der Waals surface area contributed by atoms with Crippen LogP contribution in [0.4, 0.5) is 34.3 Å². The van der Waals surface area contributed by atoms with Crippen LogP contribution in [0.3, 0.4) is 0 Å². The third-order valence-electron chi connectivity index (χ3n) is 13.9. The summed E-state index contributed by atoms with van der Waals surface area (Å²) < 4.78 is 2.39. The first-order chi connectivity index (χ1) is 32.5. The van der Waals surface area contributed by atoms with Gasteiger partial charge in [0.05, 0.1) is 5.69 Å². The van der Waals surface area contributed by atoms with Gasteiger partial charge in [-0.15, -0.1) is 0 Å². The first-order valence-corrected chi connectivity index (χ1v) is 24.3. The predicted molar refractivity (Wildman–Crippen MR) is 288 cm³/mol. The Morgan fingerprint density at radius 3 is 2.00 bits per heavy atom. The summed E-state index contributed by atoms with van der Waals surface area (Å²) in [6, 6.07) is 74.7. The molecule has 0 unspecified atom stereocenters. The summed E-state index contributed by atoms with van der Waals surface area (Å²) in [7, 11) is 0. The molecule has 0 fully saturated rings. The minimum atomic E-state index is -0.0630.